The Balaban J connectivity index is 1.58. The number of carbonyl (C=O) groups is 1. The Bertz CT molecular complexity index is 1200. The molecule has 7 nitrogen and oxygen atoms in total. The standard InChI is InChI=1S/C20H20ClN3O4S2/c1-2-28-14-6-8-16-17(12-14)29-20(22-16)23-19(25)13-5-7-15(21)18(11-13)30(26,27)24-9-3-4-10-24/h5-8,11-12H,2-4,9-10H2,1H3,(H,22,23,25). The average Bonchev–Trinajstić information content (AvgIpc) is 3.38. The number of halogens is 1. The first-order valence-electron chi connectivity index (χ1n) is 9.53. The molecule has 1 N–H and O–H groups in total. The van der Waals surface area contributed by atoms with Crippen molar-refractivity contribution in [1.82, 2.24) is 9.29 Å². The van der Waals surface area contributed by atoms with Crippen LogP contribution >= 0.6 is 22.9 Å². The molecule has 0 bridgehead atoms. The van der Waals surface area contributed by atoms with Gasteiger partial charge < -0.3 is 4.74 Å². The normalized spacial score (nSPS) is 14.9. The summed E-state index contributed by atoms with van der Waals surface area (Å²) in [6, 6.07) is 9.79. The lowest BCUT2D eigenvalue weighted by molar-refractivity contribution is 0.102. The quantitative estimate of drug-likeness (QED) is 0.583. The van der Waals surface area contributed by atoms with E-state index in [1.54, 1.807) is 0 Å². The molecule has 0 aliphatic carbocycles. The molecule has 158 valence electrons. The van der Waals surface area contributed by atoms with Crippen molar-refractivity contribution < 1.29 is 17.9 Å². The van der Waals surface area contributed by atoms with Gasteiger partial charge in [-0.05, 0) is 56.2 Å². The summed E-state index contributed by atoms with van der Waals surface area (Å²) in [7, 11) is -3.73. The van der Waals surface area contributed by atoms with Crippen LogP contribution in [0.15, 0.2) is 41.3 Å². The van der Waals surface area contributed by atoms with Crippen molar-refractivity contribution in [1.29, 1.82) is 0 Å². The van der Waals surface area contributed by atoms with Crippen LogP contribution in [-0.2, 0) is 10.0 Å². The molecular weight excluding hydrogens is 446 g/mol. The van der Waals surface area contributed by atoms with Crippen LogP contribution < -0.4 is 10.1 Å². The first-order valence-corrected chi connectivity index (χ1v) is 12.2. The molecule has 0 atom stereocenters. The van der Waals surface area contributed by atoms with Crippen LogP contribution in [-0.4, -0.2) is 43.3 Å². The monoisotopic (exact) mass is 465 g/mol. The highest BCUT2D eigenvalue weighted by Crippen LogP contribution is 2.31. The van der Waals surface area contributed by atoms with Crippen molar-refractivity contribution >= 4 is 54.2 Å². The van der Waals surface area contributed by atoms with Crippen molar-refractivity contribution in [3.8, 4) is 5.75 Å². The van der Waals surface area contributed by atoms with E-state index in [4.69, 9.17) is 16.3 Å². The Morgan fingerprint density at radius 3 is 2.73 bits per heavy atom. The third-order valence-corrected chi connectivity index (χ3v) is 8.08. The second-order valence-electron chi connectivity index (χ2n) is 6.79. The molecule has 10 heteroatoms. The highest BCUT2D eigenvalue weighted by molar-refractivity contribution is 7.89. The Labute approximate surface area is 183 Å². The predicted octanol–water partition coefficient (Wildman–Crippen LogP) is 4.39. The topological polar surface area (TPSA) is 88.6 Å². The van der Waals surface area contributed by atoms with Crippen LogP contribution in [0.2, 0.25) is 5.02 Å². The summed E-state index contributed by atoms with van der Waals surface area (Å²) in [6.07, 6.45) is 1.64. The number of anilines is 1. The maximum atomic E-state index is 12.9. The summed E-state index contributed by atoms with van der Waals surface area (Å²) in [5.74, 6) is 0.287. The van der Waals surface area contributed by atoms with Crippen molar-refractivity contribution in [3.63, 3.8) is 0 Å². The van der Waals surface area contributed by atoms with Crippen molar-refractivity contribution in [2.45, 2.75) is 24.7 Å². The second kappa shape index (κ2) is 8.50. The van der Waals surface area contributed by atoms with Crippen LogP contribution in [0.25, 0.3) is 10.2 Å². The van der Waals surface area contributed by atoms with Gasteiger partial charge in [0.15, 0.2) is 5.13 Å². The molecule has 0 saturated carbocycles. The smallest absolute Gasteiger partial charge is 0.257 e. The molecule has 0 radical (unpaired) electrons. The van der Waals surface area contributed by atoms with E-state index in [0.29, 0.717) is 24.8 Å². The van der Waals surface area contributed by atoms with Gasteiger partial charge in [-0.15, -0.1) is 0 Å². The molecular formula is C20H20ClN3O4S2. The summed E-state index contributed by atoms with van der Waals surface area (Å²) < 4.78 is 33.5. The van der Waals surface area contributed by atoms with Gasteiger partial charge in [-0.3, -0.25) is 10.1 Å². The van der Waals surface area contributed by atoms with Crippen LogP contribution in [0.1, 0.15) is 30.1 Å². The SMILES string of the molecule is CCOc1ccc2nc(NC(=O)c3ccc(Cl)c(S(=O)(=O)N4CCCC4)c3)sc2c1. The Hall–Kier alpha value is -2.20. The number of hydrogen-bond acceptors (Lipinski definition) is 6. The Morgan fingerprint density at radius 1 is 1.23 bits per heavy atom. The van der Waals surface area contributed by atoms with Gasteiger partial charge in [-0.1, -0.05) is 22.9 Å². The van der Waals surface area contributed by atoms with Gasteiger partial charge in [0.1, 0.15) is 10.6 Å². The Morgan fingerprint density at radius 2 is 2.00 bits per heavy atom. The van der Waals surface area contributed by atoms with E-state index in [2.05, 4.69) is 10.3 Å². The largest absolute Gasteiger partial charge is 0.494 e. The maximum Gasteiger partial charge on any atom is 0.257 e. The number of nitrogens with zero attached hydrogens (tertiary/aromatic N) is 2. The van der Waals surface area contributed by atoms with Crippen LogP contribution in [0.3, 0.4) is 0 Å². The van der Waals surface area contributed by atoms with E-state index >= 15 is 0 Å². The number of ether oxygens (including phenoxy) is 1. The summed E-state index contributed by atoms with van der Waals surface area (Å²) in [5.41, 5.74) is 0.943. The molecule has 1 aromatic heterocycles. The third-order valence-electron chi connectivity index (χ3n) is 4.77. The van der Waals surface area contributed by atoms with E-state index in [9.17, 15) is 13.2 Å². The molecule has 2 heterocycles. The number of carbonyl (C=O) groups excluding carboxylic acids is 1. The predicted molar refractivity (Wildman–Crippen MR) is 118 cm³/mol. The van der Waals surface area contributed by atoms with Crippen LogP contribution in [0.5, 0.6) is 5.75 Å². The highest BCUT2D eigenvalue weighted by atomic mass is 35.5. The number of hydrogen-bond donors (Lipinski definition) is 1. The molecule has 2 aromatic carbocycles. The maximum absolute atomic E-state index is 12.9. The molecule has 1 aliphatic heterocycles. The molecule has 0 spiro atoms. The minimum Gasteiger partial charge on any atom is -0.494 e. The van der Waals surface area contributed by atoms with Crippen molar-refractivity contribution in [2.24, 2.45) is 0 Å². The lowest BCUT2D eigenvalue weighted by atomic mass is 10.2. The zero-order valence-corrected chi connectivity index (χ0v) is 18.6. The molecule has 30 heavy (non-hydrogen) atoms. The Kier molecular flexibility index (Phi) is 5.97. The minimum absolute atomic E-state index is 0.0515. The highest BCUT2D eigenvalue weighted by Gasteiger charge is 2.29. The fourth-order valence-corrected chi connectivity index (χ4v) is 6.20. The number of aromatic nitrogens is 1. The van der Waals surface area contributed by atoms with Crippen LogP contribution in [0, 0.1) is 0 Å². The zero-order valence-electron chi connectivity index (χ0n) is 16.2. The summed E-state index contributed by atoms with van der Waals surface area (Å²) in [4.78, 5) is 17.1. The van der Waals surface area contributed by atoms with E-state index in [0.717, 1.165) is 28.8 Å². The zero-order chi connectivity index (χ0) is 21.3. The second-order valence-corrected chi connectivity index (χ2v) is 10.1. The molecule has 0 unspecified atom stereocenters. The number of fused-ring (bicyclic) bond motifs is 1. The van der Waals surface area contributed by atoms with Gasteiger partial charge in [0.2, 0.25) is 10.0 Å². The average molecular weight is 466 g/mol. The summed E-state index contributed by atoms with van der Waals surface area (Å²) in [6.45, 7) is 3.40. The van der Waals surface area contributed by atoms with E-state index < -0.39 is 15.9 Å². The minimum atomic E-state index is -3.73. The molecule has 1 fully saturated rings. The molecule has 1 saturated heterocycles. The fourth-order valence-electron chi connectivity index (χ4n) is 3.29. The van der Waals surface area contributed by atoms with E-state index in [1.807, 2.05) is 25.1 Å². The first kappa shape index (κ1) is 21.0. The number of sulfonamides is 1. The third kappa shape index (κ3) is 4.15. The van der Waals surface area contributed by atoms with Gasteiger partial charge in [-0.2, -0.15) is 4.31 Å². The number of nitrogens with one attached hydrogen (secondary N) is 1. The summed E-state index contributed by atoms with van der Waals surface area (Å²) >= 11 is 7.48. The number of thiazole rings is 1. The molecule has 3 aromatic rings. The van der Waals surface area contributed by atoms with Crippen molar-refractivity contribution in [2.75, 3.05) is 25.0 Å². The number of amides is 1. The van der Waals surface area contributed by atoms with Gasteiger partial charge >= 0.3 is 0 Å². The molecule has 1 amide bonds. The van der Waals surface area contributed by atoms with Crippen molar-refractivity contribution in [3.05, 3.63) is 47.0 Å². The molecule has 1 aliphatic rings. The van der Waals surface area contributed by atoms with Gasteiger partial charge in [0, 0.05) is 18.7 Å². The lowest BCUT2D eigenvalue weighted by Crippen LogP contribution is -2.28. The number of rotatable bonds is 6. The summed E-state index contributed by atoms with van der Waals surface area (Å²) in [5, 5.41) is 3.26. The van der Waals surface area contributed by atoms with Gasteiger partial charge in [0.05, 0.1) is 21.8 Å². The van der Waals surface area contributed by atoms with E-state index in [1.165, 1.54) is 33.8 Å². The van der Waals surface area contributed by atoms with Gasteiger partial charge in [-0.25, -0.2) is 13.4 Å². The van der Waals surface area contributed by atoms with E-state index in [-0.39, 0.29) is 15.5 Å². The lowest BCUT2D eigenvalue weighted by Gasteiger charge is -2.17. The first-order chi connectivity index (χ1) is 14.4. The molecule has 4 rings (SSSR count). The van der Waals surface area contributed by atoms with Gasteiger partial charge in [0.25, 0.3) is 5.91 Å². The van der Waals surface area contributed by atoms with Crippen LogP contribution in [0.4, 0.5) is 5.13 Å². The fraction of sp³-hybridized carbons (Fsp3) is 0.300. The number of benzene rings is 2.